The molecule has 0 aliphatic heterocycles. The summed E-state index contributed by atoms with van der Waals surface area (Å²) in [4.78, 5) is 0. The fourth-order valence-electron chi connectivity index (χ4n) is 3.10. The van der Waals surface area contributed by atoms with E-state index in [2.05, 4.69) is 19.2 Å². The molecule has 0 heterocycles. The molecule has 0 aliphatic rings. The van der Waals surface area contributed by atoms with Crippen LogP contribution in [0.5, 0.6) is 0 Å². The van der Waals surface area contributed by atoms with Crippen molar-refractivity contribution in [1.82, 2.24) is 5.32 Å². The number of hydrogen-bond acceptors (Lipinski definition) is 2. The van der Waals surface area contributed by atoms with Crippen LogP contribution in [0.4, 0.5) is 0 Å². The summed E-state index contributed by atoms with van der Waals surface area (Å²) in [5, 5.41) is 13.2. The van der Waals surface area contributed by atoms with E-state index < -0.39 is 0 Å². The number of rotatable bonds is 19. The van der Waals surface area contributed by atoms with Crippen LogP contribution in [-0.4, -0.2) is 17.9 Å². The highest BCUT2D eigenvalue weighted by atomic mass is 16.3. The van der Waals surface area contributed by atoms with E-state index in [1.54, 1.807) is 0 Å². The van der Waals surface area contributed by atoms with Gasteiger partial charge in [-0.1, -0.05) is 104 Å². The molecule has 0 aromatic heterocycles. The molecule has 0 fully saturated rings. The SMILES string of the molecule is CCCCCCCCCCCC(O)NCCCCCCCCC. The molecule has 0 aromatic rings. The molecule has 1 unspecified atom stereocenters. The van der Waals surface area contributed by atoms with Gasteiger partial charge in [0.25, 0.3) is 0 Å². The van der Waals surface area contributed by atoms with Gasteiger partial charge in [-0.25, -0.2) is 0 Å². The largest absolute Gasteiger partial charge is 0.379 e. The fourth-order valence-corrected chi connectivity index (χ4v) is 3.10. The summed E-state index contributed by atoms with van der Waals surface area (Å²) >= 11 is 0. The van der Waals surface area contributed by atoms with Gasteiger partial charge < -0.3 is 5.11 Å². The monoisotopic (exact) mass is 327 g/mol. The molecule has 0 amide bonds. The molecule has 23 heavy (non-hydrogen) atoms. The average molecular weight is 328 g/mol. The lowest BCUT2D eigenvalue weighted by Gasteiger charge is -2.12. The molecule has 140 valence electrons. The first kappa shape index (κ1) is 22.9. The molecular weight excluding hydrogens is 282 g/mol. The highest BCUT2D eigenvalue weighted by Gasteiger charge is 2.02. The van der Waals surface area contributed by atoms with Crippen molar-refractivity contribution in [2.45, 2.75) is 129 Å². The minimum Gasteiger partial charge on any atom is -0.379 e. The number of hydrogen-bond donors (Lipinski definition) is 2. The Kier molecular flexibility index (Phi) is 19.9. The first-order valence-electron chi connectivity index (χ1n) is 10.7. The van der Waals surface area contributed by atoms with Crippen molar-refractivity contribution in [2.24, 2.45) is 0 Å². The van der Waals surface area contributed by atoms with E-state index in [1.165, 1.54) is 103 Å². The van der Waals surface area contributed by atoms with Gasteiger partial charge in [0.05, 0.1) is 0 Å². The number of aliphatic hydroxyl groups is 1. The summed E-state index contributed by atoms with van der Waals surface area (Å²) in [7, 11) is 0. The van der Waals surface area contributed by atoms with Crippen LogP contribution in [0.3, 0.4) is 0 Å². The van der Waals surface area contributed by atoms with Crippen LogP contribution in [0.15, 0.2) is 0 Å². The molecule has 1 atom stereocenters. The normalized spacial score (nSPS) is 12.7. The van der Waals surface area contributed by atoms with E-state index in [4.69, 9.17) is 0 Å². The third-order valence-corrected chi connectivity index (χ3v) is 4.74. The predicted molar refractivity (Wildman–Crippen MR) is 104 cm³/mol. The molecule has 0 saturated heterocycles. The Hall–Kier alpha value is -0.0800. The third kappa shape index (κ3) is 19.9. The molecule has 0 bridgehead atoms. The Labute approximate surface area is 146 Å². The standard InChI is InChI=1S/C21H45NO/c1-3-5-7-9-11-12-13-15-17-19-21(23)22-20-18-16-14-10-8-6-4-2/h21-23H,3-20H2,1-2H3. The van der Waals surface area contributed by atoms with Crippen LogP contribution in [-0.2, 0) is 0 Å². The van der Waals surface area contributed by atoms with Gasteiger partial charge in [-0.3, -0.25) is 5.32 Å². The maximum atomic E-state index is 9.91. The predicted octanol–water partition coefficient (Wildman–Crippen LogP) is 6.57. The van der Waals surface area contributed by atoms with E-state index >= 15 is 0 Å². The third-order valence-electron chi connectivity index (χ3n) is 4.74. The van der Waals surface area contributed by atoms with Crippen molar-refractivity contribution < 1.29 is 5.11 Å². The molecule has 0 saturated carbocycles. The van der Waals surface area contributed by atoms with Gasteiger partial charge in [-0.05, 0) is 25.8 Å². The van der Waals surface area contributed by atoms with E-state index in [0.717, 1.165) is 13.0 Å². The van der Waals surface area contributed by atoms with E-state index in [1.807, 2.05) is 0 Å². The molecule has 0 aromatic carbocycles. The Bertz CT molecular complexity index is 208. The minimum absolute atomic E-state index is 0.278. The lowest BCUT2D eigenvalue weighted by Crippen LogP contribution is -2.29. The van der Waals surface area contributed by atoms with Crippen molar-refractivity contribution in [1.29, 1.82) is 0 Å². The molecule has 2 heteroatoms. The second-order valence-corrected chi connectivity index (χ2v) is 7.21. The Morgan fingerprint density at radius 3 is 1.43 bits per heavy atom. The van der Waals surface area contributed by atoms with Gasteiger partial charge in [0.15, 0.2) is 0 Å². The Morgan fingerprint density at radius 1 is 0.565 bits per heavy atom. The van der Waals surface area contributed by atoms with Gasteiger partial charge in [0.1, 0.15) is 6.23 Å². The molecule has 0 radical (unpaired) electrons. The molecule has 0 spiro atoms. The lowest BCUT2D eigenvalue weighted by molar-refractivity contribution is 0.124. The molecule has 2 N–H and O–H groups in total. The van der Waals surface area contributed by atoms with Gasteiger partial charge in [-0.2, -0.15) is 0 Å². The zero-order chi connectivity index (χ0) is 17.0. The van der Waals surface area contributed by atoms with Crippen LogP contribution < -0.4 is 5.32 Å². The summed E-state index contributed by atoms with van der Waals surface area (Å²) in [6.07, 6.45) is 22.1. The fraction of sp³-hybridized carbons (Fsp3) is 1.00. The number of nitrogens with one attached hydrogen (secondary N) is 1. The van der Waals surface area contributed by atoms with Crippen molar-refractivity contribution in [3.05, 3.63) is 0 Å². The number of aliphatic hydroxyl groups excluding tert-OH is 1. The highest BCUT2D eigenvalue weighted by Crippen LogP contribution is 2.11. The summed E-state index contributed by atoms with van der Waals surface area (Å²) in [5.41, 5.74) is 0. The molecular formula is C21H45NO. The zero-order valence-electron chi connectivity index (χ0n) is 16.3. The van der Waals surface area contributed by atoms with Crippen molar-refractivity contribution in [2.75, 3.05) is 6.54 Å². The van der Waals surface area contributed by atoms with Gasteiger partial charge in [0, 0.05) is 0 Å². The zero-order valence-corrected chi connectivity index (χ0v) is 16.3. The topological polar surface area (TPSA) is 32.3 Å². The lowest BCUT2D eigenvalue weighted by atomic mass is 10.1. The van der Waals surface area contributed by atoms with Gasteiger partial charge >= 0.3 is 0 Å². The maximum absolute atomic E-state index is 9.91. The van der Waals surface area contributed by atoms with Gasteiger partial charge in [-0.15, -0.1) is 0 Å². The highest BCUT2D eigenvalue weighted by molar-refractivity contribution is 4.56. The van der Waals surface area contributed by atoms with Crippen LogP contribution in [0, 0.1) is 0 Å². The van der Waals surface area contributed by atoms with Crippen molar-refractivity contribution >= 4 is 0 Å². The first-order valence-corrected chi connectivity index (χ1v) is 10.7. The van der Waals surface area contributed by atoms with E-state index in [-0.39, 0.29) is 6.23 Å². The van der Waals surface area contributed by atoms with E-state index in [0.29, 0.717) is 0 Å². The van der Waals surface area contributed by atoms with E-state index in [9.17, 15) is 5.11 Å². The average Bonchev–Trinajstić information content (AvgIpc) is 2.56. The number of unbranched alkanes of at least 4 members (excludes halogenated alkanes) is 14. The summed E-state index contributed by atoms with van der Waals surface area (Å²) in [6, 6.07) is 0. The van der Waals surface area contributed by atoms with Crippen LogP contribution in [0.2, 0.25) is 0 Å². The maximum Gasteiger partial charge on any atom is 0.104 e. The quantitative estimate of drug-likeness (QED) is 0.208. The first-order chi connectivity index (χ1) is 11.3. The van der Waals surface area contributed by atoms with Crippen molar-refractivity contribution in [3.8, 4) is 0 Å². The molecule has 2 nitrogen and oxygen atoms in total. The molecule has 0 rings (SSSR count). The van der Waals surface area contributed by atoms with Gasteiger partial charge in [0.2, 0.25) is 0 Å². The second-order valence-electron chi connectivity index (χ2n) is 7.21. The van der Waals surface area contributed by atoms with Crippen LogP contribution in [0.1, 0.15) is 123 Å². The Balaban J connectivity index is 3.11. The summed E-state index contributed by atoms with van der Waals surface area (Å²) in [5.74, 6) is 0. The van der Waals surface area contributed by atoms with Crippen molar-refractivity contribution in [3.63, 3.8) is 0 Å². The summed E-state index contributed by atoms with van der Waals surface area (Å²) < 4.78 is 0. The van der Waals surface area contributed by atoms with Crippen LogP contribution >= 0.6 is 0 Å². The summed E-state index contributed by atoms with van der Waals surface area (Å²) in [6.45, 7) is 5.51. The minimum atomic E-state index is -0.278. The Morgan fingerprint density at radius 2 is 0.957 bits per heavy atom. The molecule has 0 aliphatic carbocycles. The smallest absolute Gasteiger partial charge is 0.104 e. The van der Waals surface area contributed by atoms with Crippen LogP contribution in [0.25, 0.3) is 0 Å². The second kappa shape index (κ2) is 20.0.